The average Bonchev–Trinajstić information content (AvgIpc) is 2.63. The number of phenols is 1. The molecule has 1 heterocycles. The second-order valence-electron chi connectivity index (χ2n) is 5.21. The van der Waals surface area contributed by atoms with Crippen LogP contribution in [0.5, 0.6) is 5.75 Å². The van der Waals surface area contributed by atoms with Gasteiger partial charge in [0.1, 0.15) is 5.75 Å². The molecule has 1 aliphatic heterocycles. The largest absolute Gasteiger partial charge is 0.508 e. The summed E-state index contributed by atoms with van der Waals surface area (Å²) in [4.78, 5) is 2.42. The summed E-state index contributed by atoms with van der Waals surface area (Å²) < 4.78 is 0. The van der Waals surface area contributed by atoms with E-state index in [1.165, 1.54) is 17.5 Å². The van der Waals surface area contributed by atoms with Crippen molar-refractivity contribution in [3.63, 3.8) is 0 Å². The smallest absolute Gasteiger partial charge is 0.120 e. The molecular formula is C17H19NO. The monoisotopic (exact) mass is 253 g/mol. The van der Waals surface area contributed by atoms with Crippen molar-refractivity contribution < 1.29 is 5.11 Å². The Morgan fingerprint density at radius 2 is 1.68 bits per heavy atom. The summed E-state index contributed by atoms with van der Waals surface area (Å²) in [7, 11) is 0. The summed E-state index contributed by atoms with van der Waals surface area (Å²) in [5.41, 5.74) is 3.92. The van der Waals surface area contributed by atoms with Crippen molar-refractivity contribution in [1.82, 2.24) is 4.90 Å². The van der Waals surface area contributed by atoms with Crippen LogP contribution in [0.25, 0.3) is 0 Å². The van der Waals surface area contributed by atoms with E-state index in [1.807, 2.05) is 18.2 Å². The standard InChI is InChI=1S/C17H19NO/c19-17-10-4-3-8-16(17)13-18-11-5-9-14-6-1-2-7-15(14)12-18/h1-4,6-8,10,19H,5,9,11-13H2. The number of hydrogen-bond donors (Lipinski definition) is 1. The summed E-state index contributed by atoms with van der Waals surface area (Å²) in [5, 5.41) is 9.88. The molecule has 0 radical (unpaired) electrons. The zero-order valence-electron chi connectivity index (χ0n) is 11.0. The molecule has 98 valence electrons. The third-order valence-electron chi connectivity index (χ3n) is 3.82. The predicted octanol–water partition coefficient (Wildman–Crippen LogP) is 3.34. The van der Waals surface area contributed by atoms with Gasteiger partial charge in [0.25, 0.3) is 0 Å². The van der Waals surface area contributed by atoms with Crippen molar-refractivity contribution >= 4 is 0 Å². The number of aromatic hydroxyl groups is 1. The number of aryl methyl sites for hydroxylation is 1. The van der Waals surface area contributed by atoms with Crippen LogP contribution < -0.4 is 0 Å². The van der Waals surface area contributed by atoms with Crippen LogP contribution in [0.2, 0.25) is 0 Å². The SMILES string of the molecule is Oc1ccccc1CN1CCCc2ccccc2C1. The van der Waals surface area contributed by atoms with Crippen LogP contribution in [0.1, 0.15) is 23.1 Å². The van der Waals surface area contributed by atoms with Gasteiger partial charge in [0, 0.05) is 18.7 Å². The Morgan fingerprint density at radius 1 is 0.947 bits per heavy atom. The van der Waals surface area contributed by atoms with Gasteiger partial charge in [0.15, 0.2) is 0 Å². The van der Waals surface area contributed by atoms with Crippen LogP contribution in [0.3, 0.4) is 0 Å². The third-order valence-corrected chi connectivity index (χ3v) is 3.82. The zero-order valence-corrected chi connectivity index (χ0v) is 11.0. The summed E-state index contributed by atoms with van der Waals surface area (Å²) >= 11 is 0. The van der Waals surface area contributed by atoms with Crippen molar-refractivity contribution in [2.24, 2.45) is 0 Å². The molecule has 2 heteroatoms. The highest BCUT2D eigenvalue weighted by atomic mass is 16.3. The van der Waals surface area contributed by atoms with Crippen molar-refractivity contribution in [2.75, 3.05) is 6.54 Å². The van der Waals surface area contributed by atoms with Crippen molar-refractivity contribution in [3.05, 3.63) is 65.2 Å². The quantitative estimate of drug-likeness (QED) is 0.887. The first-order valence-corrected chi connectivity index (χ1v) is 6.89. The lowest BCUT2D eigenvalue weighted by atomic mass is 10.0. The fraction of sp³-hybridized carbons (Fsp3) is 0.294. The molecule has 0 bridgehead atoms. The van der Waals surface area contributed by atoms with Crippen LogP contribution in [0.15, 0.2) is 48.5 Å². The van der Waals surface area contributed by atoms with Gasteiger partial charge >= 0.3 is 0 Å². The molecule has 0 unspecified atom stereocenters. The first-order valence-electron chi connectivity index (χ1n) is 6.89. The highest BCUT2D eigenvalue weighted by molar-refractivity contribution is 5.32. The van der Waals surface area contributed by atoms with Crippen molar-refractivity contribution in [3.8, 4) is 5.75 Å². The molecule has 3 rings (SSSR count). The number of fused-ring (bicyclic) bond motifs is 1. The Labute approximate surface area is 114 Å². The molecule has 2 aromatic carbocycles. The number of benzene rings is 2. The molecule has 0 fully saturated rings. The van der Waals surface area contributed by atoms with Crippen LogP contribution in [-0.4, -0.2) is 16.6 Å². The molecule has 0 atom stereocenters. The second kappa shape index (κ2) is 5.45. The van der Waals surface area contributed by atoms with Crippen LogP contribution in [-0.2, 0) is 19.5 Å². The van der Waals surface area contributed by atoms with E-state index in [0.717, 1.165) is 31.6 Å². The van der Waals surface area contributed by atoms with E-state index >= 15 is 0 Å². The summed E-state index contributed by atoms with van der Waals surface area (Å²) in [6.07, 6.45) is 2.35. The van der Waals surface area contributed by atoms with E-state index in [1.54, 1.807) is 6.07 Å². The molecule has 0 saturated heterocycles. The maximum absolute atomic E-state index is 9.88. The van der Waals surface area contributed by atoms with Gasteiger partial charge in [-0.25, -0.2) is 0 Å². The van der Waals surface area contributed by atoms with E-state index in [0.29, 0.717) is 5.75 Å². The summed E-state index contributed by atoms with van der Waals surface area (Å²) in [6.45, 7) is 2.88. The van der Waals surface area contributed by atoms with Gasteiger partial charge in [0.2, 0.25) is 0 Å². The Bertz CT molecular complexity index is 565. The molecule has 2 nitrogen and oxygen atoms in total. The third kappa shape index (κ3) is 2.79. The van der Waals surface area contributed by atoms with Crippen molar-refractivity contribution in [2.45, 2.75) is 25.9 Å². The van der Waals surface area contributed by atoms with Crippen LogP contribution in [0, 0.1) is 0 Å². The molecule has 0 aliphatic carbocycles. The Hall–Kier alpha value is -1.80. The minimum absolute atomic E-state index is 0.403. The zero-order chi connectivity index (χ0) is 13.1. The average molecular weight is 253 g/mol. The van der Waals surface area contributed by atoms with Crippen molar-refractivity contribution in [1.29, 1.82) is 0 Å². The second-order valence-corrected chi connectivity index (χ2v) is 5.21. The van der Waals surface area contributed by atoms with E-state index < -0.39 is 0 Å². The Kier molecular flexibility index (Phi) is 3.51. The van der Waals surface area contributed by atoms with Gasteiger partial charge in [-0.2, -0.15) is 0 Å². The van der Waals surface area contributed by atoms with E-state index in [-0.39, 0.29) is 0 Å². The minimum atomic E-state index is 0.403. The van der Waals surface area contributed by atoms with E-state index in [9.17, 15) is 5.11 Å². The van der Waals surface area contributed by atoms with Gasteiger partial charge < -0.3 is 5.11 Å². The molecule has 1 aliphatic rings. The summed E-state index contributed by atoms with van der Waals surface area (Å²) in [5.74, 6) is 0.403. The number of para-hydroxylation sites is 1. The molecule has 19 heavy (non-hydrogen) atoms. The van der Waals surface area contributed by atoms with Crippen LogP contribution >= 0.6 is 0 Å². The minimum Gasteiger partial charge on any atom is -0.508 e. The van der Waals surface area contributed by atoms with Gasteiger partial charge in [0.05, 0.1) is 0 Å². The highest BCUT2D eigenvalue weighted by Crippen LogP contribution is 2.23. The molecule has 1 N–H and O–H groups in total. The van der Waals surface area contributed by atoms with Gasteiger partial charge in [-0.3, -0.25) is 4.90 Å². The molecule has 0 amide bonds. The van der Waals surface area contributed by atoms with Gasteiger partial charge in [-0.15, -0.1) is 0 Å². The maximum Gasteiger partial charge on any atom is 0.120 e. The van der Waals surface area contributed by atoms with Gasteiger partial charge in [-0.1, -0.05) is 42.5 Å². The Morgan fingerprint density at radius 3 is 2.53 bits per heavy atom. The lowest BCUT2D eigenvalue weighted by Crippen LogP contribution is -2.22. The lowest BCUT2D eigenvalue weighted by Gasteiger charge is -2.21. The number of hydrogen-bond acceptors (Lipinski definition) is 2. The van der Waals surface area contributed by atoms with E-state index in [4.69, 9.17) is 0 Å². The lowest BCUT2D eigenvalue weighted by molar-refractivity contribution is 0.257. The highest BCUT2D eigenvalue weighted by Gasteiger charge is 2.15. The first kappa shape index (κ1) is 12.2. The predicted molar refractivity (Wildman–Crippen MR) is 77.0 cm³/mol. The molecular weight excluding hydrogens is 234 g/mol. The van der Waals surface area contributed by atoms with Crippen LogP contribution in [0.4, 0.5) is 0 Å². The molecule has 0 aromatic heterocycles. The fourth-order valence-electron chi connectivity index (χ4n) is 2.79. The van der Waals surface area contributed by atoms with E-state index in [2.05, 4.69) is 29.2 Å². The molecule has 2 aromatic rings. The van der Waals surface area contributed by atoms with Gasteiger partial charge in [-0.05, 0) is 36.6 Å². The summed E-state index contributed by atoms with van der Waals surface area (Å²) in [6, 6.07) is 16.3. The fourth-order valence-corrected chi connectivity index (χ4v) is 2.79. The number of nitrogens with zero attached hydrogens (tertiary/aromatic N) is 1. The molecule has 0 spiro atoms. The normalized spacial score (nSPS) is 15.8. The maximum atomic E-state index is 9.88. The number of phenolic OH excluding ortho intramolecular Hbond substituents is 1. The topological polar surface area (TPSA) is 23.5 Å². The number of rotatable bonds is 2. The molecule has 0 saturated carbocycles. The first-order chi connectivity index (χ1) is 9.33. The Balaban J connectivity index is 1.78.